The Kier molecular flexibility index (Phi) is 5.09. The van der Waals surface area contributed by atoms with Gasteiger partial charge in [-0.3, -0.25) is 4.79 Å². The van der Waals surface area contributed by atoms with Crippen molar-refractivity contribution in [2.75, 3.05) is 18.5 Å². The first-order valence-corrected chi connectivity index (χ1v) is 6.68. The van der Waals surface area contributed by atoms with Crippen molar-refractivity contribution >= 4 is 28.6 Å². The number of amides is 2. The van der Waals surface area contributed by atoms with E-state index in [1.807, 2.05) is 6.07 Å². The van der Waals surface area contributed by atoms with E-state index >= 15 is 0 Å². The maximum absolute atomic E-state index is 11.8. The summed E-state index contributed by atoms with van der Waals surface area (Å²) < 4.78 is 39.4. The van der Waals surface area contributed by atoms with E-state index in [-0.39, 0.29) is 18.9 Å². The summed E-state index contributed by atoms with van der Waals surface area (Å²) in [4.78, 5) is 25.7. The maximum Gasteiger partial charge on any atom is 0.422 e. The fourth-order valence-electron chi connectivity index (χ4n) is 1.83. The Hall–Kier alpha value is -2.71. The van der Waals surface area contributed by atoms with E-state index in [0.29, 0.717) is 5.69 Å². The normalized spacial score (nSPS) is 11.3. The van der Waals surface area contributed by atoms with Gasteiger partial charge >= 0.3 is 12.3 Å². The highest BCUT2D eigenvalue weighted by Gasteiger charge is 2.29. The summed E-state index contributed by atoms with van der Waals surface area (Å²) in [6.07, 6.45) is -4.12. The van der Waals surface area contributed by atoms with Gasteiger partial charge in [-0.1, -0.05) is 0 Å². The van der Waals surface area contributed by atoms with Crippen LogP contribution in [0.4, 0.5) is 23.7 Å². The highest BCUT2D eigenvalue weighted by molar-refractivity contribution is 5.94. The molecule has 0 saturated heterocycles. The molecule has 0 atom stereocenters. The van der Waals surface area contributed by atoms with Crippen LogP contribution in [0.25, 0.3) is 10.9 Å². The highest BCUT2D eigenvalue weighted by Crippen LogP contribution is 2.17. The third kappa shape index (κ3) is 5.53. The zero-order chi connectivity index (χ0) is 16.9. The van der Waals surface area contributed by atoms with Crippen LogP contribution in [0.2, 0.25) is 0 Å². The largest absolute Gasteiger partial charge is 0.440 e. The molecule has 2 rings (SSSR count). The van der Waals surface area contributed by atoms with E-state index in [1.54, 1.807) is 24.4 Å². The molecule has 0 unspecified atom stereocenters. The topological polar surface area (TPSA) is 83.2 Å². The molecule has 0 aliphatic heterocycles. The number of carbonyl (C=O) groups is 2. The van der Waals surface area contributed by atoms with E-state index in [4.69, 9.17) is 0 Å². The van der Waals surface area contributed by atoms with Crippen molar-refractivity contribution in [2.24, 2.45) is 0 Å². The molecule has 0 fully saturated rings. The summed E-state index contributed by atoms with van der Waals surface area (Å²) in [5.41, 5.74) is 1.51. The zero-order valence-electron chi connectivity index (χ0n) is 11.9. The van der Waals surface area contributed by atoms with Gasteiger partial charge in [0, 0.05) is 35.8 Å². The predicted octanol–water partition coefficient (Wildman–Crippen LogP) is 2.79. The number of ether oxygens (including phenoxy) is 1. The molecule has 3 N–H and O–H groups in total. The molecular formula is C14H14F3N3O3. The molecule has 0 saturated carbocycles. The number of nitrogens with one attached hydrogen (secondary N) is 3. The lowest BCUT2D eigenvalue weighted by atomic mass is 10.2. The van der Waals surface area contributed by atoms with Crippen molar-refractivity contribution in [2.45, 2.75) is 12.6 Å². The molecule has 0 spiro atoms. The molecule has 0 aliphatic carbocycles. The quantitative estimate of drug-likeness (QED) is 0.789. The van der Waals surface area contributed by atoms with Gasteiger partial charge in [-0.2, -0.15) is 13.2 Å². The maximum atomic E-state index is 11.8. The highest BCUT2D eigenvalue weighted by atomic mass is 19.4. The second kappa shape index (κ2) is 7.03. The number of hydrogen-bond donors (Lipinski definition) is 3. The van der Waals surface area contributed by atoms with Crippen LogP contribution in [-0.4, -0.2) is 36.3 Å². The molecule has 0 aliphatic rings. The van der Waals surface area contributed by atoms with Crippen LogP contribution in [0.15, 0.2) is 30.5 Å². The van der Waals surface area contributed by atoms with Crippen molar-refractivity contribution in [1.29, 1.82) is 0 Å². The van der Waals surface area contributed by atoms with Crippen molar-refractivity contribution < 1.29 is 27.5 Å². The minimum atomic E-state index is -4.58. The van der Waals surface area contributed by atoms with Crippen LogP contribution in [-0.2, 0) is 9.53 Å². The van der Waals surface area contributed by atoms with E-state index in [9.17, 15) is 22.8 Å². The summed E-state index contributed by atoms with van der Waals surface area (Å²) in [5, 5.41) is 5.63. The van der Waals surface area contributed by atoms with Crippen LogP contribution < -0.4 is 10.6 Å². The van der Waals surface area contributed by atoms with Gasteiger partial charge in [0.2, 0.25) is 5.91 Å². The van der Waals surface area contributed by atoms with Crippen LogP contribution in [0.3, 0.4) is 0 Å². The summed E-state index contributed by atoms with van der Waals surface area (Å²) in [7, 11) is 0. The van der Waals surface area contributed by atoms with Crippen LogP contribution >= 0.6 is 0 Å². The Morgan fingerprint density at radius 1 is 1.22 bits per heavy atom. The smallest absolute Gasteiger partial charge is 0.422 e. The molecule has 1 heterocycles. The third-order valence-electron chi connectivity index (χ3n) is 2.83. The summed E-state index contributed by atoms with van der Waals surface area (Å²) in [5.74, 6) is -0.379. The molecule has 9 heteroatoms. The summed E-state index contributed by atoms with van der Waals surface area (Å²) >= 11 is 0. The van der Waals surface area contributed by atoms with Crippen LogP contribution in [0.1, 0.15) is 6.42 Å². The van der Waals surface area contributed by atoms with Gasteiger partial charge < -0.3 is 20.4 Å². The zero-order valence-corrected chi connectivity index (χ0v) is 11.9. The van der Waals surface area contributed by atoms with Crippen LogP contribution in [0.5, 0.6) is 0 Å². The van der Waals surface area contributed by atoms with E-state index in [2.05, 4.69) is 20.4 Å². The van der Waals surface area contributed by atoms with Gasteiger partial charge in [-0.05, 0) is 24.3 Å². The van der Waals surface area contributed by atoms with Gasteiger partial charge in [-0.25, -0.2) is 4.79 Å². The first kappa shape index (κ1) is 16.7. The molecule has 23 heavy (non-hydrogen) atoms. The minimum absolute atomic E-state index is 0.0910. The number of anilines is 1. The number of fused-ring (bicyclic) bond motifs is 1. The summed E-state index contributed by atoms with van der Waals surface area (Å²) in [6, 6.07) is 7.14. The average Bonchev–Trinajstić information content (AvgIpc) is 2.92. The van der Waals surface area contributed by atoms with E-state index in [0.717, 1.165) is 10.9 Å². The number of halogens is 3. The molecular weight excluding hydrogens is 315 g/mol. The lowest BCUT2D eigenvalue weighted by molar-refractivity contribution is -0.160. The Balaban J connectivity index is 1.71. The third-order valence-corrected chi connectivity index (χ3v) is 2.83. The first-order chi connectivity index (χ1) is 10.8. The van der Waals surface area contributed by atoms with Gasteiger partial charge in [0.25, 0.3) is 0 Å². The van der Waals surface area contributed by atoms with E-state index in [1.165, 1.54) is 0 Å². The minimum Gasteiger partial charge on any atom is -0.440 e. The average molecular weight is 329 g/mol. The Morgan fingerprint density at radius 3 is 2.74 bits per heavy atom. The van der Waals surface area contributed by atoms with Crippen LogP contribution in [0, 0.1) is 0 Å². The Labute approximate surface area is 129 Å². The standard InChI is InChI=1S/C14H14F3N3O3/c15-14(16,17)8-23-13(22)19-6-4-12(21)20-10-1-2-11-9(7-10)3-5-18-11/h1-3,5,7,18H,4,6,8H2,(H,19,22)(H,20,21). The number of alkyl halides is 3. The number of H-pyrrole nitrogens is 1. The molecule has 0 bridgehead atoms. The van der Waals surface area contributed by atoms with Crippen molar-refractivity contribution in [3.8, 4) is 0 Å². The molecule has 1 aromatic heterocycles. The van der Waals surface area contributed by atoms with Gasteiger partial charge in [-0.15, -0.1) is 0 Å². The molecule has 2 aromatic rings. The van der Waals surface area contributed by atoms with Gasteiger partial charge in [0.15, 0.2) is 6.61 Å². The second-order valence-electron chi connectivity index (χ2n) is 4.70. The fraction of sp³-hybridized carbons (Fsp3) is 0.286. The summed E-state index contributed by atoms with van der Waals surface area (Å²) in [6.45, 7) is -1.80. The first-order valence-electron chi connectivity index (χ1n) is 6.68. The Bertz CT molecular complexity index is 697. The van der Waals surface area contributed by atoms with E-state index < -0.39 is 18.9 Å². The molecule has 2 amide bonds. The number of alkyl carbamates (subject to hydrolysis) is 1. The lowest BCUT2D eigenvalue weighted by Crippen LogP contribution is -2.31. The predicted molar refractivity (Wildman–Crippen MR) is 77.0 cm³/mol. The van der Waals surface area contributed by atoms with Crippen molar-refractivity contribution in [3.05, 3.63) is 30.5 Å². The number of carbonyl (C=O) groups excluding carboxylic acids is 2. The number of rotatable bonds is 5. The lowest BCUT2D eigenvalue weighted by Gasteiger charge is -2.09. The second-order valence-corrected chi connectivity index (χ2v) is 4.70. The van der Waals surface area contributed by atoms with Crippen molar-refractivity contribution in [1.82, 2.24) is 10.3 Å². The fourth-order valence-corrected chi connectivity index (χ4v) is 1.83. The SMILES string of the molecule is O=C(CCNC(=O)OCC(F)(F)F)Nc1ccc2[nH]ccc2c1. The Morgan fingerprint density at radius 2 is 2.00 bits per heavy atom. The number of benzene rings is 1. The van der Waals surface area contributed by atoms with Gasteiger partial charge in [0.1, 0.15) is 0 Å². The number of hydrogen-bond acceptors (Lipinski definition) is 3. The molecule has 1 aromatic carbocycles. The number of aromatic amines is 1. The monoisotopic (exact) mass is 329 g/mol. The molecule has 0 radical (unpaired) electrons. The van der Waals surface area contributed by atoms with Crippen molar-refractivity contribution in [3.63, 3.8) is 0 Å². The molecule has 6 nitrogen and oxygen atoms in total. The molecule has 124 valence electrons. The number of aromatic nitrogens is 1. The van der Waals surface area contributed by atoms with Gasteiger partial charge in [0.05, 0.1) is 0 Å².